The standard InChI is InChI=1S/C22H24N2O3S2/c1-5-11-24-19-13-16(3)17(4)14-20(19)28-22(24)23-21(25)10-12-29(26,27)18-8-6-15(2)7-9-18/h5-9,13-14H,1,10-12H2,2-4H3. The van der Waals surface area contributed by atoms with Crippen LogP contribution < -0.4 is 4.80 Å². The minimum Gasteiger partial charge on any atom is -0.312 e. The summed E-state index contributed by atoms with van der Waals surface area (Å²) in [4.78, 5) is 17.4. The summed E-state index contributed by atoms with van der Waals surface area (Å²) >= 11 is 1.42. The highest BCUT2D eigenvalue weighted by Crippen LogP contribution is 2.22. The number of hydrogen-bond acceptors (Lipinski definition) is 4. The van der Waals surface area contributed by atoms with E-state index in [0.29, 0.717) is 11.3 Å². The van der Waals surface area contributed by atoms with Crippen molar-refractivity contribution in [1.82, 2.24) is 4.57 Å². The molecule has 1 aromatic heterocycles. The van der Waals surface area contributed by atoms with Gasteiger partial charge < -0.3 is 4.57 Å². The highest BCUT2D eigenvalue weighted by Gasteiger charge is 2.16. The van der Waals surface area contributed by atoms with Gasteiger partial charge in [-0.05, 0) is 56.2 Å². The maximum atomic E-state index is 12.5. The Morgan fingerprint density at radius 3 is 2.45 bits per heavy atom. The quantitative estimate of drug-likeness (QED) is 0.555. The first kappa shape index (κ1) is 21.2. The van der Waals surface area contributed by atoms with Crippen molar-refractivity contribution >= 4 is 37.3 Å². The van der Waals surface area contributed by atoms with Gasteiger partial charge in [-0.25, -0.2) is 8.42 Å². The molecule has 0 aliphatic heterocycles. The average Bonchev–Trinajstić information content (AvgIpc) is 2.97. The van der Waals surface area contributed by atoms with E-state index in [2.05, 4.69) is 23.7 Å². The van der Waals surface area contributed by atoms with Crippen LogP contribution in [0.2, 0.25) is 0 Å². The molecule has 0 bridgehead atoms. The molecule has 0 spiro atoms. The Morgan fingerprint density at radius 2 is 1.79 bits per heavy atom. The predicted molar refractivity (Wildman–Crippen MR) is 118 cm³/mol. The number of hydrogen-bond donors (Lipinski definition) is 0. The molecule has 3 aromatic rings. The Labute approximate surface area is 175 Å². The Kier molecular flexibility index (Phi) is 6.19. The fourth-order valence-corrected chi connectivity index (χ4v) is 5.33. The van der Waals surface area contributed by atoms with Crippen LogP contribution in [0.5, 0.6) is 0 Å². The summed E-state index contributed by atoms with van der Waals surface area (Å²) in [7, 11) is -3.52. The van der Waals surface area contributed by atoms with Gasteiger partial charge in [-0.1, -0.05) is 35.1 Å². The van der Waals surface area contributed by atoms with Crippen LogP contribution in [0.1, 0.15) is 23.1 Å². The van der Waals surface area contributed by atoms with E-state index in [4.69, 9.17) is 0 Å². The second-order valence-corrected chi connectivity index (χ2v) is 10.2. The zero-order valence-electron chi connectivity index (χ0n) is 16.8. The molecule has 29 heavy (non-hydrogen) atoms. The number of carbonyl (C=O) groups excluding carboxylic acids is 1. The summed E-state index contributed by atoms with van der Waals surface area (Å²) in [5, 5.41) is 0. The molecular formula is C22H24N2O3S2. The molecule has 152 valence electrons. The molecule has 1 heterocycles. The number of aromatic nitrogens is 1. The fourth-order valence-electron chi connectivity index (χ4n) is 2.96. The largest absolute Gasteiger partial charge is 0.312 e. The minimum atomic E-state index is -3.52. The molecule has 0 fully saturated rings. The number of amides is 1. The smallest absolute Gasteiger partial charge is 0.249 e. The number of carbonyl (C=O) groups is 1. The Morgan fingerprint density at radius 1 is 1.14 bits per heavy atom. The van der Waals surface area contributed by atoms with Crippen LogP contribution in [-0.4, -0.2) is 24.6 Å². The van der Waals surface area contributed by atoms with Gasteiger partial charge in [0.2, 0.25) is 5.91 Å². The summed E-state index contributed by atoms with van der Waals surface area (Å²) in [6, 6.07) is 10.8. The molecule has 0 atom stereocenters. The zero-order valence-corrected chi connectivity index (χ0v) is 18.4. The van der Waals surface area contributed by atoms with Gasteiger partial charge in [0.1, 0.15) is 0 Å². The molecule has 0 N–H and O–H groups in total. The van der Waals surface area contributed by atoms with E-state index in [9.17, 15) is 13.2 Å². The topological polar surface area (TPSA) is 68.5 Å². The van der Waals surface area contributed by atoms with Crippen LogP contribution >= 0.6 is 11.3 Å². The number of thiazole rings is 1. The van der Waals surface area contributed by atoms with Crippen molar-refractivity contribution in [2.75, 3.05) is 5.75 Å². The average molecular weight is 429 g/mol. The van der Waals surface area contributed by atoms with Crippen molar-refractivity contribution in [3.63, 3.8) is 0 Å². The Balaban J connectivity index is 1.88. The van der Waals surface area contributed by atoms with Gasteiger partial charge in [0.05, 0.1) is 20.9 Å². The van der Waals surface area contributed by atoms with E-state index in [1.807, 2.05) is 25.3 Å². The number of rotatable bonds is 6. The van der Waals surface area contributed by atoms with Gasteiger partial charge in [0, 0.05) is 13.0 Å². The number of allylic oxidation sites excluding steroid dienone is 1. The monoisotopic (exact) mass is 428 g/mol. The third-order valence-electron chi connectivity index (χ3n) is 4.80. The first-order chi connectivity index (χ1) is 13.7. The van der Waals surface area contributed by atoms with Gasteiger partial charge in [-0.15, -0.1) is 6.58 Å². The number of nitrogens with zero attached hydrogens (tertiary/aromatic N) is 2. The van der Waals surface area contributed by atoms with Gasteiger partial charge in [-0.2, -0.15) is 4.99 Å². The molecule has 7 heteroatoms. The summed E-state index contributed by atoms with van der Waals surface area (Å²) in [5.41, 5.74) is 4.32. The molecular weight excluding hydrogens is 404 g/mol. The molecule has 0 aliphatic carbocycles. The van der Waals surface area contributed by atoms with Crippen LogP contribution in [0.25, 0.3) is 10.2 Å². The number of fused-ring (bicyclic) bond motifs is 1. The molecule has 2 aromatic carbocycles. The van der Waals surface area contributed by atoms with Gasteiger partial charge in [0.25, 0.3) is 0 Å². The van der Waals surface area contributed by atoms with E-state index >= 15 is 0 Å². The highest BCUT2D eigenvalue weighted by molar-refractivity contribution is 7.91. The number of sulfone groups is 1. The predicted octanol–water partition coefficient (Wildman–Crippen LogP) is 4.11. The maximum absolute atomic E-state index is 12.5. The van der Waals surface area contributed by atoms with Crippen LogP contribution in [0.4, 0.5) is 0 Å². The summed E-state index contributed by atoms with van der Waals surface area (Å²) in [6.45, 7) is 10.3. The van der Waals surface area contributed by atoms with E-state index in [1.165, 1.54) is 16.9 Å². The van der Waals surface area contributed by atoms with Crippen molar-refractivity contribution in [2.24, 2.45) is 4.99 Å². The number of benzene rings is 2. The molecule has 0 unspecified atom stereocenters. The van der Waals surface area contributed by atoms with Crippen molar-refractivity contribution in [1.29, 1.82) is 0 Å². The van der Waals surface area contributed by atoms with Crippen molar-refractivity contribution in [3.8, 4) is 0 Å². The van der Waals surface area contributed by atoms with Crippen LogP contribution in [0, 0.1) is 20.8 Å². The second kappa shape index (κ2) is 8.47. The van der Waals surface area contributed by atoms with Gasteiger partial charge >= 0.3 is 0 Å². The SMILES string of the molecule is C=CCn1c(=NC(=O)CCS(=O)(=O)c2ccc(C)cc2)sc2cc(C)c(C)cc21. The van der Waals surface area contributed by atoms with Gasteiger partial charge in [-0.3, -0.25) is 4.79 Å². The summed E-state index contributed by atoms with van der Waals surface area (Å²) in [5.74, 6) is -0.707. The highest BCUT2D eigenvalue weighted by atomic mass is 32.2. The molecule has 0 aliphatic rings. The van der Waals surface area contributed by atoms with Gasteiger partial charge in [0.15, 0.2) is 14.6 Å². The fraction of sp³-hybridized carbons (Fsp3) is 0.273. The van der Waals surface area contributed by atoms with Crippen LogP contribution in [0.15, 0.2) is 58.9 Å². The van der Waals surface area contributed by atoms with E-state index in [1.54, 1.807) is 30.3 Å². The maximum Gasteiger partial charge on any atom is 0.249 e. The molecule has 0 saturated carbocycles. The lowest BCUT2D eigenvalue weighted by Crippen LogP contribution is -2.17. The third kappa shape index (κ3) is 4.74. The van der Waals surface area contributed by atoms with E-state index in [-0.39, 0.29) is 17.1 Å². The summed E-state index contributed by atoms with van der Waals surface area (Å²) < 4.78 is 27.9. The number of aryl methyl sites for hydroxylation is 3. The van der Waals surface area contributed by atoms with Crippen molar-refractivity contribution in [3.05, 3.63) is 70.5 Å². The lowest BCUT2D eigenvalue weighted by molar-refractivity contribution is -0.117. The van der Waals surface area contributed by atoms with Crippen molar-refractivity contribution < 1.29 is 13.2 Å². The lowest BCUT2D eigenvalue weighted by atomic mass is 10.1. The molecule has 0 saturated heterocycles. The zero-order chi connectivity index (χ0) is 21.2. The first-order valence-corrected chi connectivity index (χ1v) is 11.8. The first-order valence-electron chi connectivity index (χ1n) is 9.30. The second-order valence-electron chi connectivity index (χ2n) is 7.08. The minimum absolute atomic E-state index is 0.156. The van der Waals surface area contributed by atoms with E-state index in [0.717, 1.165) is 21.3 Å². The Bertz CT molecular complexity index is 1250. The third-order valence-corrected chi connectivity index (χ3v) is 7.57. The summed E-state index contributed by atoms with van der Waals surface area (Å²) in [6.07, 6.45) is 1.60. The molecule has 5 nitrogen and oxygen atoms in total. The van der Waals surface area contributed by atoms with Crippen molar-refractivity contribution in [2.45, 2.75) is 38.6 Å². The van der Waals surface area contributed by atoms with Crippen LogP contribution in [0.3, 0.4) is 0 Å². The molecule has 1 amide bonds. The normalized spacial score (nSPS) is 12.4. The van der Waals surface area contributed by atoms with Crippen LogP contribution in [-0.2, 0) is 21.2 Å². The molecule has 0 radical (unpaired) electrons. The Hall–Kier alpha value is -2.51. The lowest BCUT2D eigenvalue weighted by Gasteiger charge is -2.04. The molecule has 3 rings (SSSR count). The van der Waals surface area contributed by atoms with E-state index < -0.39 is 15.7 Å².